The van der Waals surface area contributed by atoms with Gasteiger partial charge in [0.15, 0.2) is 5.82 Å². The molecule has 1 N–H and O–H groups in total. The van der Waals surface area contributed by atoms with Gasteiger partial charge in [-0.15, -0.1) is 0 Å². The molecular weight excluding hydrogens is 372 g/mol. The third-order valence-corrected chi connectivity index (χ3v) is 5.74. The molecule has 1 fully saturated rings. The highest BCUT2D eigenvalue weighted by Gasteiger charge is 2.25. The number of pyridine rings is 1. The van der Waals surface area contributed by atoms with Gasteiger partial charge in [0, 0.05) is 17.8 Å². The van der Waals surface area contributed by atoms with Gasteiger partial charge in [-0.1, -0.05) is 48.5 Å². The van der Waals surface area contributed by atoms with Crippen LogP contribution in [-0.2, 0) is 6.42 Å². The summed E-state index contributed by atoms with van der Waals surface area (Å²) in [4.78, 5) is 22.0. The number of rotatable bonds is 8. The van der Waals surface area contributed by atoms with E-state index in [9.17, 15) is 4.79 Å². The highest BCUT2D eigenvalue weighted by atomic mass is 32.2. The molecule has 0 radical (unpaired) electrons. The second kappa shape index (κ2) is 8.31. The summed E-state index contributed by atoms with van der Waals surface area (Å²) >= 11 is 1.53. The molecule has 0 spiro atoms. The molecule has 1 aromatic carbocycles. The standard InChI is InChI=1S/C21H24N4O2S/c1-3-4-9-18-24-21(27-25-18)13(2)28-19-12-16(20(26)22-14-10-11-14)15-7-5-6-8-17(15)23-19/h5-8,12-14H,3-4,9-11H2,1-2H3,(H,22,26). The van der Waals surface area contributed by atoms with Gasteiger partial charge in [-0.2, -0.15) is 4.98 Å². The van der Waals surface area contributed by atoms with Crippen LogP contribution in [0.2, 0.25) is 0 Å². The molecule has 2 heterocycles. The van der Waals surface area contributed by atoms with E-state index in [1.165, 1.54) is 11.8 Å². The van der Waals surface area contributed by atoms with Crippen LogP contribution >= 0.6 is 11.8 Å². The monoisotopic (exact) mass is 396 g/mol. The molecule has 6 nitrogen and oxygen atoms in total. The molecule has 1 atom stereocenters. The quantitative estimate of drug-likeness (QED) is 0.556. The number of benzene rings is 1. The number of unbranched alkanes of at least 4 members (excludes halogenated alkanes) is 1. The van der Waals surface area contributed by atoms with E-state index in [0.29, 0.717) is 17.5 Å². The minimum atomic E-state index is -0.0455. The predicted molar refractivity (Wildman–Crippen MR) is 109 cm³/mol. The van der Waals surface area contributed by atoms with Crippen molar-refractivity contribution in [1.29, 1.82) is 0 Å². The summed E-state index contributed by atoms with van der Waals surface area (Å²) in [5, 5.41) is 8.75. The molecule has 28 heavy (non-hydrogen) atoms. The van der Waals surface area contributed by atoms with Crippen LogP contribution in [0.25, 0.3) is 10.9 Å². The molecule has 1 aliphatic rings. The van der Waals surface area contributed by atoms with Gasteiger partial charge in [0.2, 0.25) is 5.89 Å². The van der Waals surface area contributed by atoms with E-state index in [1.54, 1.807) is 0 Å². The first-order chi connectivity index (χ1) is 13.6. The number of aromatic nitrogens is 3. The van der Waals surface area contributed by atoms with Crippen molar-refractivity contribution in [3.8, 4) is 0 Å². The van der Waals surface area contributed by atoms with Gasteiger partial charge in [0.25, 0.3) is 5.91 Å². The third-order valence-electron chi connectivity index (χ3n) is 4.73. The van der Waals surface area contributed by atoms with E-state index in [2.05, 4.69) is 22.4 Å². The Morgan fingerprint density at radius 3 is 2.93 bits per heavy atom. The molecule has 1 amide bonds. The predicted octanol–water partition coefficient (Wildman–Crippen LogP) is 4.71. The number of nitrogens with zero attached hydrogens (tertiary/aromatic N) is 3. The maximum Gasteiger partial charge on any atom is 0.252 e. The van der Waals surface area contributed by atoms with E-state index in [1.807, 2.05) is 37.3 Å². The van der Waals surface area contributed by atoms with Crippen LogP contribution in [0.5, 0.6) is 0 Å². The molecule has 1 unspecified atom stereocenters. The van der Waals surface area contributed by atoms with Crippen LogP contribution in [0.1, 0.15) is 66.9 Å². The van der Waals surface area contributed by atoms with E-state index < -0.39 is 0 Å². The Kier molecular flexibility index (Phi) is 5.62. The lowest BCUT2D eigenvalue weighted by Crippen LogP contribution is -2.25. The van der Waals surface area contributed by atoms with E-state index in [-0.39, 0.29) is 11.2 Å². The number of hydrogen-bond donors (Lipinski definition) is 1. The summed E-state index contributed by atoms with van der Waals surface area (Å²) < 4.78 is 5.43. The fraction of sp³-hybridized carbons (Fsp3) is 0.429. The second-order valence-corrected chi connectivity index (χ2v) is 8.55. The lowest BCUT2D eigenvalue weighted by molar-refractivity contribution is 0.0952. The van der Waals surface area contributed by atoms with Gasteiger partial charge in [0.05, 0.1) is 21.4 Å². The van der Waals surface area contributed by atoms with Crippen molar-refractivity contribution in [3.63, 3.8) is 0 Å². The minimum absolute atomic E-state index is 0.0322. The Balaban J connectivity index is 1.57. The van der Waals surface area contributed by atoms with E-state index in [4.69, 9.17) is 9.51 Å². The molecule has 2 aromatic heterocycles. The first kappa shape index (κ1) is 18.9. The van der Waals surface area contributed by atoms with Crippen LogP contribution in [0.4, 0.5) is 0 Å². The molecule has 1 saturated carbocycles. The molecular formula is C21H24N4O2S. The van der Waals surface area contributed by atoms with Crippen molar-refractivity contribution in [1.82, 2.24) is 20.4 Å². The zero-order valence-corrected chi connectivity index (χ0v) is 17.0. The first-order valence-corrected chi connectivity index (χ1v) is 10.7. The zero-order valence-electron chi connectivity index (χ0n) is 16.1. The molecule has 1 aliphatic carbocycles. The largest absolute Gasteiger partial charge is 0.349 e. The smallest absolute Gasteiger partial charge is 0.252 e. The molecule has 7 heteroatoms. The van der Waals surface area contributed by atoms with Gasteiger partial charge in [-0.3, -0.25) is 4.79 Å². The van der Waals surface area contributed by atoms with Crippen LogP contribution < -0.4 is 5.32 Å². The molecule has 0 bridgehead atoms. The molecule has 0 aliphatic heterocycles. The highest BCUT2D eigenvalue weighted by Crippen LogP contribution is 2.35. The van der Waals surface area contributed by atoms with Crippen LogP contribution in [0.15, 0.2) is 39.9 Å². The van der Waals surface area contributed by atoms with Gasteiger partial charge in [0.1, 0.15) is 0 Å². The normalized spacial score (nSPS) is 14.9. The zero-order chi connectivity index (χ0) is 19.5. The summed E-state index contributed by atoms with van der Waals surface area (Å²) in [5.41, 5.74) is 1.48. The van der Waals surface area contributed by atoms with Gasteiger partial charge >= 0.3 is 0 Å². The average Bonchev–Trinajstić information content (AvgIpc) is 3.38. The van der Waals surface area contributed by atoms with Crippen molar-refractivity contribution >= 4 is 28.6 Å². The number of para-hydroxylation sites is 1. The number of carbonyl (C=O) groups excluding carboxylic acids is 1. The van der Waals surface area contributed by atoms with E-state index >= 15 is 0 Å². The van der Waals surface area contributed by atoms with Gasteiger partial charge < -0.3 is 9.84 Å². The van der Waals surface area contributed by atoms with Crippen molar-refractivity contribution in [3.05, 3.63) is 47.6 Å². The summed E-state index contributed by atoms with van der Waals surface area (Å²) in [6.07, 6.45) is 5.10. The van der Waals surface area contributed by atoms with Gasteiger partial charge in [-0.25, -0.2) is 4.98 Å². The van der Waals surface area contributed by atoms with E-state index in [0.717, 1.165) is 53.9 Å². The molecule has 4 rings (SSSR count). The topological polar surface area (TPSA) is 80.9 Å². The third kappa shape index (κ3) is 4.35. The summed E-state index contributed by atoms with van der Waals surface area (Å²) in [5.74, 6) is 1.31. The Morgan fingerprint density at radius 2 is 2.14 bits per heavy atom. The lowest BCUT2D eigenvalue weighted by Gasteiger charge is -2.11. The Bertz CT molecular complexity index is 983. The number of hydrogen-bond acceptors (Lipinski definition) is 6. The maximum absolute atomic E-state index is 12.7. The van der Waals surface area contributed by atoms with Crippen LogP contribution in [0, 0.1) is 0 Å². The highest BCUT2D eigenvalue weighted by molar-refractivity contribution is 7.99. The van der Waals surface area contributed by atoms with Crippen LogP contribution in [-0.4, -0.2) is 27.1 Å². The Labute approximate surface area is 168 Å². The van der Waals surface area contributed by atoms with Crippen molar-refractivity contribution in [2.45, 2.75) is 62.3 Å². The number of thioether (sulfide) groups is 1. The minimum Gasteiger partial charge on any atom is -0.349 e. The molecule has 3 aromatic rings. The Hall–Kier alpha value is -2.41. The summed E-state index contributed by atoms with van der Waals surface area (Å²) in [7, 11) is 0. The SMILES string of the molecule is CCCCc1noc(C(C)Sc2cc(C(=O)NC3CC3)c3ccccc3n2)n1. The summed E-state index contributed by atoms with van der Waals surface area (Å²) in [6, 6.07) is 9.94. The maximum atomic E-state index is 12.7. The number of fused-ring (bicyclic) bond motifs is 1. The fourth-order valence-electron chi connectivity index (χ4n) is 2.99. The van der Waals surface area contributed by atoms with Crippen LogP contribution in [0.3, 0.4) is 0 Å². The lowest BCUT2D eigenvalue weighted by atomic mass is 10.1. The Morgan fingerprint density at radius 1 is 1.32 bits per heavy atom. The van der Waals surface area contributed by atoms with Crippen molar-refractivity contribution < 1.29 is 9.32 Å². The fourth-order valence-corrected chi connectivity index (χ4v) is 3.89. The van der Waals surface area contributed by atoms with Gasteiger partial charge in [-0.05, 0) is 38.3 Å². The molecule has 146 valence electrons. The first-order valence-electron chi connectivity index (χ1n) is 9.84. The molecule has 0 saturated heterocycles. The average molecular weight is 397 g/mol. The number of carbonyl (C=O) groups is 1. The van der Waals surface area contributed by atoms with Crippen molar-refractivity contribution in [2.75, 3.05) is 0 Å². The number of nitrogens with one attached hydrogen (secondary N) is 1. The number of aryl methyl sites for hydroxylation is 1. The number of amides is 1. The van der Waals surface area contributed by atoms with Crippen molar-refractivity contribution in [2.24, 2.45) is 0 Å². The summed E-state index contributed by atoms with van der Waals surface area (Å²) in [6.45, 7) is 4.16. The second-order valence-electron chi connectivity index (χ2n) is 7.19.